The lowest BCUT2D eigenvalue weighted by atomic mass is 9.93. The summed E-state index contributed by atoms with van der Waals surface area (Å²) in [6.45, 7) is 7.20. The maximum atomic E-state index is 11.3. The third-order valence-electron chi connectivity index (χ3n) is 1.90. The van der Waals surface area contributed by atoms with Gasteiger partial charge in [0.25, 0.3) is 0 Å². The van der Waals surface area contributed by atoms with Crippen LogP contribution in [0.15, 0.2) is 12.2 Å². The molecule has 0 radical (unpaired) electrons. The van der Waals surface area contributed by atoms with Crippen molar-refractivity contribution in [3.63, 3.8) is 0 Å². The van der Waals surface area contributed by atoms with Gasteiger partial charge in [-0.25, -0.2) is 0 Å². The summed E-state index contributed by atoms with van der Waals surface area (Å²) in [6.07, 6.45) is 3.31. The van der Waals surface area contributed by atoms with E-state index in [2.05, 4.69) is 0 Å². The number of amides is 1. The predicted octanol–water partition coefficient (Wildman–Crippen LogP) is 1.01. The first-order valence-electron chi connectivity index (χ1n) is 4.51. The second-order valence-corrected chi connectivity index (χ2v) is 4.06. The number of allylic oxidation sites excluding steroid dienone is 1. The second-order valence-electron chi connectivity index (χ2n) is 4.06. The molecule has 13 heavy (non-hydrogen) atoms. The highest BCUT2D eigenvalue weighted by molar-refractivity contribution is 5.87. The molecule has 0 saturated heterocycles. The fourth-order valence-electron chi connectivity index (χ4n) is 1.05. The van der Waals surface area contributed by atoms with Gasteiger partial charge in [-0.05, 0) is 25.0 Å². The van der Waals surface area contributed by atoms with E-state index in [1.165, 1.54) is 0 Å². The average Bonchev–Trinajstić information content (AvgIpc) is 2.04. The van der Waals surface area contributed by atoms with Crippen molar-refractivity contribution in [2.45, 2.75) is 20.8 Å². The third kappa shape index (κ3) is 4.68. The first-order valence-corrected chi connectivity index (χ1v) is 4.51. The van der Waals surface area contributed by atoms with Gasteiger partial charge >= 0.3 is 0 Å². The predicted molar refractivity (Wildman–Crippen MR) is 55.3 cm³/mol. The second kappa shape index (κ2) is 5.02. The molecule has 76 valence electrons. The molecule has 0 saturated carbocycles. The largest absolute Gasteiger partial charge is 0.342 e. The van der Waals surface area contributed by atoms with Crippen molar-refractivity contribution in [1.29, 1.82) is 0 Å². The normalized spacial score (nSPS) is 12.1. The van der Waals surface area contributed by atoms with Crippen LogP contribution in [0.25, 0.3) is 0 Å². The molecule has 2 N–H and O–H groups in total. The van der Waals surface area contributed by atoms with E-state index in [1.807, 2.05) is 20.8 Å². The Hall–Kier alpha value is -0.830. The van der Waals surface area contributed by atoms with E-state index in [1.54, 1.807) is 24.1 Å². The SMILES string of the molecule is C/C=C/C(=O)N(C)CC(C)(C)CN. The van der Waals surface area contributed by atoms with Gasteiger partial charge in [-0.2, -0.15) is 0 Å². The number of nitrogens with two attached hydrogens (primary N) is 1. The lowest BCUT2D eigenvalue weighted by Gasteiger charge is -2.28. The fourth-order valence-corrected chi connectivity index (χ4v) is 1.05. The Balaban J connectivity index is 4.14. The Bertz CT molecular complexity index is 197. The minimum atomic E-state index is -0.00795. The summed E-state index contributed by atoms with van der Waals surface area (Å²) >= 11 is 0. The van der Waals surface area contributed by atoms with E-state index in [4.69, 9.17) is 5.73 Å². The smallest absolute Gasteiger partial charge is 0.245 e. The van der Waals surface area contributed by atoms with Gasteiger partial charge in [0.1, 0.15) is 0 Å². The number of hydrogen-bond acceptors (Lipinski definition) is 2. The molecule has 3 heteroatoms. The minimum absolute atomic E-state index is 0.00795. The average molecular weight is 184 g/mol. The lowest BCUT2D eigenvalue weighted by Crippen LogP contribution is -2.39. The number of nitrogens with zero attached hydrogens (tertiary/aromatic N) is 1. The molecule has 0 aliphatic carbocycles. The van der Waals surface area contributed by atoms with Crippen LogP contribution in [0.3, 0.4) is 0 Å². The van der Waals surface area contributed by atoms with E-state index in [-0.39, 0.29) is 11.3 Å². The Kier molecular flexibility index (Phi) is 4.70. The van der Waals surface area contributed by atoms with E-state index in [9.17, 15) is 4.79 Å². The molecule has 0 rings (SSSR count). The van der Waals surface area contributed by atoms with Gasteiger partial charge in [-0.3, -0.25) is 4.79 Å². The van der Waals surface area contributed by atoms with E-state index < -0.39 is 0 Å². The molecular formula is C10H20N2O. The topological polar surface area (TPSA) is 46.3 Å². The molecule has 0 aromatic rings. The molecular weight excluding hydrogens is 164 g/mol. The van der Waals surface area contributed by atoms with Gasteiger partial charge in [-0.15, -0.1) is 0 Å². The molecule has 0 aliphatic rings. The van der Waals surface area contributed by atoms with Crippen molar-refractivity contribution in [1.82, 2.24) is 4.90 Å². The first-order chi connectivity index (χ1) is 5.93. The molecule has 0 aromatic carbocycles. The van der Waals surface area contributed by atoms with Crippen molar-refractivity contribution < 1.29 is 4.79 Å². The highest BCUT2D eigenvalue weighted by atomic mass is 16.2. The molecule has 3 nitrogen and oxygen atoms in total. The van der Waals surface area contributed by atoms with Crippen LogP contribution >= 0.6 is 0 Å². The van der Waals surface area contributed by atoms with E-state index >= 15 is 0 Å². The molecule has 0 spiro atoms. The Morgan fingerprint density at radius 2 is 2.08 bits per heavy atom. The number of carbonyl (C=O) groups is 1. The maximum absolute atomic E-state index is 11.3. The van der Waals surface area contributed by atoms with Crippen molar-refractivity contribution >= 4 is 5.91 Å². The van der Waals surface area contributed by atoms with Crippen LogP contribution in [-0.4, -0.2) is 30.9 Å². The number of likely N-dealkylation sites (N-methyl/N-ethyl adjacent to an activating group) is 1. The van der Waals surface area contributed by atoms with Crippen molar-refractivity contribution in [2.24, 2.45) is 11.1 Å². The van der Waals surface area contributed by atoms with Crippen LogP contribution in [0.2, 0.25) is 0 Å². The summed E-state index contributed by atoms with van der Waals surface area (Å²) in [5, 5.41) is 0. The summed E-state index contributed by atoms with van der Waals surface area (Å²) in [4.78, 5) is 13.0. The van der Waals surface area contributed by atoms with Gasteiger partial charge in [0.2, 0.25) is 5.91 Å². The van der Waals surface area contributed by atoms with Gasteiger partial charge < -0.3 is 10.6 Å². The highest BCUT2D eigenvalue weighted by Crippen LogP contribution is 2.13. The lowest BCUT2D eigenvalue weighted by molar-refractivity contribution is -0.125. The minimum Gasteiger partial charge on any atom is -0.342 e. The molecule has 0 bridgehead atoms. The van der Waals surface area contributed by atoms with Crippen LogP contribution in [-0.2, 0) is 4.79 Å². The zero-order valence-corrected chi connectivity index (χ0v) is 9.00. The zero-order valence-electron chi connectivity index (χ0n) is 9.00. The summed E-state index contributed by atoms with van der Waals surface area (Å²) in [7, 11) is 1.79. The summed E-state index contributed by atoms with van der Waals surface area (Å²) in [6, 6.07) is 0. The Morgan fingerprint density at radius 1 is 1.54 bits per heavy atom. The van der Waals surface area contributed by atoms with E-state index in [0.29, 0.717) is 13.1 Å². The third-order valence-corrected chi connectivity index (χ3v) is 1.90. The highest BCUT2D eigenvalue weighted by Gasteiger charge is 2.19. The standard InChI is InChI=1S/C10H20N2O/c1-5-6-9(13)12(4)8-10(2,3)7-11/h5-6H,7-8,11H2,1-4H3/b6-5+. The van der Waals surface area contributed by atoms with Crippen molar-refractivity contribution in [2.75, 3.05) is 20.1 Å². The zero-order chi connectivity index (χ0) is 10.5. The van der Waals surface area contributed by atoms with Crippen LogP contribution in [0, 0.1) is 5.41 Å². The number of hydrogen-bond donors (Lipinski definition) is 1. The number of carbonyl (C=O) groups excluding carboxylic acids is 1. The summed E-state index contributed by atoms with van der Waals surface area (Å²) in [5.41, 5.74) is 5.56. The maximum Gasteiger partial charge on any atom is 0.245 e. The summed E-state index contributed by atoms with van der Waals surface area (Å²) < 4.78 is 0. The summed E-state index contributed by atoms with van der Waals surface area (Å²) in [5.74, 6) is 0.0315. The quantitative estimate of drug-likeness (QED) is 0.663. The van der Waals surface area contributed by atoms with Crippen molar-refractivity contribution in [3.8, 4) is 0 Å². The number of rotatable bonds is 4. The van der Waals surface area contributed by atoms with Crippen LogP contribution in [0.4, 0.5) is 0 Å². The molecule has 0 aromatic heterocycles. The van der Waals surface area contributed by atoms with Gasteiger partial charge in [0.15, 0.2) is 0 Å². The van der Waals surface area contributed by atoms with Crippen LogP contribution in [0.1, 0.15) is 20.8 Å². The molecule has 0 heterocycles. The first kappa shape index (κ1) is 12.2. The molecule has 1 amide bonds. The molecule has 0 atom stereocenters. The molecule has 0 aliphatic heterocycles. The molecule has 0 fully saturated rings. The van der Waals surface area contributed by atoms with Gasteiger partial charge in [-0.1, -0.05) is 19.9 Å². The Morgan fingerprint density at radius 3 is 2.46 bits per heavy atom. The monoisotopic (exact) mass is 184 g/mol. The Labute approximate surface area is 80.6 Å². The van der Waals surface area contributed by atoms with Crippen LogP contribution < -0.4 is 5.73 Å². The van der Waals surface area contributed by atoms with Crippen LogP contribution in [0.5, 0.6) is 0 Å². The van der Waals surface area contributed by atoms with Crippen molar-refractivity contribution in [3.05, 3.63) is 12.2 Å². The van der Waals surface area contributed by atoms with Gasteiger partial charge in [0.05, 0.1) is 0 Å². The molecule has 0 unspecified atom stereocenters. The fraction of sp³-hybridized carbons (Fsp3) is 0.700. The van der Waals surface area contributed by atoms with Gasteiger partial charge in [0, 0.05) is 13.6 Å². The van der Waals surface area contributed by atoms with E-state index in [0.717, 1.165) is 0 Å².